The van der Waals surface area contributed by atoms with E-state index in [1.54, 1.807) is 48.5 Å². The molecule has 2 aromatic carbocycles. The van der Waals surface area contributed by atoms with Crippen LogP contribution in [0.5, 0.6) is 0 Å². The quantitative estimate of drug-likeness (QED) is 0.747. The van der Waals surface area contributed by atoms with Gasteiger partial charge in [-0.25, -0.2) is 9.59 Å². The fraction of sp³-hybridized carbons (Fsp3) is 0. The third-order valence-electron chi connectivity index (χ3n) is 3.30. The van der Waals surface area contributed by atoms with Gasteiger partial charge in [0.1, 0.15) is 6.33 Å². The van der Waals surface area contributed by atoms with Gasteiger partial charge in [0.25, 0.3) is 0 Å². The van der Waals surface area contributed by atoms with Crippen LogP contribution < -0.4 is 10.6 Å². The first-order chi connectivity index (χ1) is 11.2. The van der Waals surface area contributed by atoms with Crippen LogP contribution in [0.25, 0.3) is 5.69 Å². The lowest BCUT2D eigenvalue weighted by molar-refractivity contribution is 0.249. The first-order valence-electron chi connectivity index (χ1n) is 6.95. The molecule has 0 N–H and O–H groups in total. The van der Waals surface area contributed by atoms with Crippen molar-refractivity contribution in [3.8, 4) is 5.69 Å². The molecule has 0 unspecified atom stereocenters. The molecule has 0 aliphatic heterocycles. The van der Waals surface area contributed by atoms with Gasteiger partial charge in [-0.1, -0.05) is 43.0 Å². The highest BCUT2D eigenvalue weighted by molar-refractivity contribution is 5.95. The van der Waals surface area contributed by atoms with Gasteiger partial charge in [-0.15, -0.1) is 0 Å². The van der Waals surface area contributed by atoms with Crippen molar-refractivity contribution < 1.29 is 4.79 Å². The minimum Gasteiger partial charge on any atom is -0.270 e. The van der Waals surface area contributed by atoms with E-state index < -0.39 is 11.7 Å². The summed E-state index contributed by atoms with van der Waals surface area (Å²) in [6.07, 6.45) is 2.57. The van der Waals surface area contributed by atoms with E-state index in [2.05, 4.69) is 11.7 Å². The van der Waals surface area contributed by atoms with Crippen molar-refractivity contribution >= 4 is 11.7 Å². The molecule has 114 valence electrons. The molecule has 23 heavy (non-hydrogen) atoms. The Hall–Kier alpha value is -3.41. The van der Waals surface area contributed by atoms with Crippen LogP contribution in [0.3, 0.4) is 0 Å². The van der Waals surface area contributed by atoms with Gasteiger partial charge >= 0.3 is 11.7 Å². The monoisotopic (exact) mass is 306 g/mol. The molecular weight excluding hydrogens is 292 g/mol. The lowest BCUT2D eigenvalue weighted by atomic mass is 10.3. The Kier molecular flexibility index (Phi) is 3.88. The van der Waals surface area contributed by atoms with Crippen LogP contribution in [-0.4, -0.2) is 20.4 Å². The predicted molar refractivity (Wildman–Crippen MR) is 87.7 cm³/mol. The number of para-hydroxylation sites is 2. The zero-order valence-electron chi connectivity index (χ0n) is 12.2. The van der Waals surface area contributed by atoms with E-state index >= 15 is 0 Å². The van der Waals surface area contributed by atoms with Gasteiger partial charge in [0.05, 0.1) is 11.4 Å². The highest BCUT2D eigenvalue weighted by Gasteiger charge is 2.19. The fourth-order valence-electron chi connectivity index (χ4n) is 2.18. The van der Waals surface area contributed by atoms with Gasteiger partial charge in [0, 0.05) is 6.20 Å². The third kappa shape index (κ3) is 2.69. The second-order valence-electron chi connectivity index (χ2n) is 4.70. The second-order valence-corrected chi connectivity index (χ2v) is 4.70. The molecule has 0 aliphatic carbocycles. The number of carbonyl (C=O) groups excluding carboxylic acids is 1. The zero-order chi connectivity index (χ0) is 16.2. The van der Waals surface area contributed by atoms with Crippen LogP contribution in [0.1, 0.15) is 0 Å². The van der Waals surface area contributed by atoms with Gasteiger partial charge < -0.3 is 0 Å². The molecule has 0 atom stereocenters. The van der Waals surface area contributed by atoms with E-state index in [-0.39, 0.29) is 0 Å². The molecule has 0 aliphatic rings. The summed E-state index contributed by atoms with van der Waals surface area (Å²) in [6.45, 7) is 3.64. The summed E-state index contributed by atoms with van der Waals surface area (Å²) in [7, 11) is 0. The van der Waals surface area contributed by atoms with Crippen molar-refractivity contribution in [3.05, 3.63) is 90.3 Å². The van der Waals surface area contributed by atoms with Crippen molar-refractivity contribution in [1.82, 2.24) is 14.3 Å². The van der Waals surface area contributed by atoms with Gasteiger partial charge in [-0.3, -0.25) is 4.90 Å². The minimum absolute atomic E-state index is 0.538. The highest BCUT2D eigenvalue weighted by atomic mass is 16.2. The molecule has 0 saturated heterocycles. The van der Waals surface area contributed by atoms with E-state index in [0.29, 0.717) is 11.4 Å². The lowest BCUT2D eigenvalue weighted by Gasteiger charge is -2.17. The van der Waals surface area contributed by atoms with Crippen molar-refractivity contribution in [1.29, 1.82) is 0 Å². The number of nitrogens with zero attached hydrogens (tertiary/aromatic N) is 4. The Morgan fingerprint density at radius 3 is 2.26 bits per heavy atom. The van der Waals surface area contributed by atoms with Gasteiger partial charge in [-0.05, 0) is 24.3 Å². The second kappa shape index (κ2) is 6.15. The Morgan fingerprint density at radius 1 is 1.04 bits per heavy atom. The van der Waals surface area contributed by atoms with Crippen LogP contribution in [0.15, 0.2) is 84.6 Å². The molecule has 6 nitrogen and oxygen atoms in total. The molecule has 0 spiro atoms. The summed E-state index contributed by atoms with van der Waals surface area (Å²) in [4.78, 5) is 26.3. The fourth-order valence-corrected chi connectivity index (χ4v) is 2.18. The minimum atomic E-state index is -0.543. The Bertz CT molecular complexity index is 882. The lowest BCUT2D eigenvalue weighted by Crippen LogP contribution is -2.37. The van der Waals surface area contributed by atoms with E-state index in [4.69, 9.17) is 0 Å². The summed E-state index contributed by atoms with van der Waals surface area (Å²) < 4.78 is 2.12. The number of anilines is 1. The largest absolute Gasteiger partial charge is 0.358 e. The molecule has 6 heteroatoms. The molecule has 3 rings (SSSR count). The van der Waals surface area contributed by atoms with Crippen LogP contribution >= 0.6 is 0 Å². The summed E-state index contributed by atoms with van der Waals surface area (Å²) in [5.41, 5.74) is 0.671. The van der Waals surface area contributed by atoms with Crippen LogP contribution in [0.2, 0.25) is 0 Å². The van der Waals surface area contributed by atoms with E-state index in [1.807, 2.05) is 12.1 Å². The number of amides is 1. The van der Waals surface area contributed by atoms with E-state index in [1.165, 1.54) is 22.1 Å². The third-order valence-corrected chi connectivity index (χ3v) is 3.30. The topological polar surface area (TPSA) is 60.1 Å². The zero-order valence-corrected chi connectivity index (χ0v) is 12.2. The van der Waals surface area contributed by atoms with Gasteiger partial charge in [-0.2, -0.15) is 14.3 Å². The molecule has 0 bridgehead atoms. The standard InChI is InChI=1S/C17H14N4O2/c1-2-19(14-9-5-3-6-10-14)16(22)20-13-18-21(17(20)23)15-11-7-4-8-12-15/h2-13H,1H2. The molecule has 1 aromatic heterocycles. The maximum Gasteiger partial charge on any atom is 0.358 e. The Morgan fingerprint density at radius 2 is 1.65 bits per heavy atom. The van der Waals surface area contributed by atoms with E-state index in [0.717, 1.165) is 4.57 Å². The van der Waals surface area contributed by atoms with Crippen LogP contribution in [0, 0.1) is 0 Å². The number of carbonyl (C=O) groups is 1. The Labute approximate surface area is 132 Å². The smallest absolute Gasteiger partial charge is 0.270 e. The molecule has 0 fully saturated rings. The maximum atomic E-state index is 12.6. The maximum absolute atomic E-state index is 12.6. The van der Waals surface area contributed by atoms with E-state index in [9.17, 15) is 9.59 Å². The Balaban J connectivity index is 1.99. The number of aromatic nitrogens is 3. The van der Waals surface area contributed by atoms with Crippen LogP contribution in [-0.2, 0) is 0 Å². The number of hydrogen-bond acceptors (Lipinski definition) is 3. The predicted octanol–water partition coefficient (Wildman–Crippen LogP) is 2.65. The molecule has 0 saturated carbocycles. The first kappa shape index (κ1) is 14.5. The molecule has 1 heterocycles. The normalized spacial score (nSPS) is 10.3. The SMILES string of the molecule is C=CN(C(=O)n1cnn(-c2ccccc2)c1=O)c1ccccc1. The van der Waals surface area contributed by atoms with Gasteiger partial charge in [0.2, 0.25) is 0 Å². The summed E-state index contributed by atoms with van der Waals surface area (Å²) in [6, 6.07) is 17.3. The van der Waals surface area contributed by atoms with Gasteiger partial charge in [0.15, 0.2) is 0 Å². The van der Waals surface area contributed by atoms with Crippen molar-refractivity contribution in [2.75, 3.05) is 4.90 Å². The highest BCUT2D eigenvalue weighted by Crippen LogP contribution is 2.14. The van der Waals surface area contributed by atoms with Crippen LogP contribution in [0.4, 0.5) is 10.5 Å². The summed E-state index contributed by atoms with van der Waals surface area (Å²) in [5, 5.41) is 4.00. The van der Waals surface area contributed by atoms with Crippen molar-refractivity contribution in [2.45, 2.75) is 0 Å². The average Bonchev–Trinajstić information content (AvgIpc) is 2.99. The molecule has 3 aromatic rings. The molecular formula is C17H14N4O2. The number of benzene rings is 2. The average molecular weight is 306 g/mol. The molecule has 1 amide bonds. The number of rotatable bonds is 3. The summed E-state index contributed by atoms with van der Waals surface area (Å²) in [5.74, 6) is 0. The van der Waals surface area contributed by atoms with Crippen molar-refractivity contribution in [3.63, 3.8) is 0 Å². The number of hydrogen-bond donors (Lipinski definition) is 0. The first-order valence-corrected chi connectivity index (χ1v) is 6.95. The summed E-state index contributed by atoms with van der Waals surface area (Å²) >= 11 is 0. The van der Waals surface area contributed by atoms with Crippen molar-refractivity contribution in [2.24, 2.45) is 0 Å². The molecule has 0 radical (unpaired) electrons.